The Morgan fingerprint density at radius 1 is 1.07 bits per heavy atom. The molecule has 3 nitrogen and oxygen atoms in total. The summed E-state index contributed by atoms with van der Waals surface area (Å²) in [5, 5.41) is 11.2. The number of rotatable bonds is 5. The largest absolute Gasteiger partial charge is 0.393 e. The second kappa shape index (κ2) is 7.83. The van der Waals surface area contributed by atoms with Crippen molar-refractivity contribution < 1.29 is 14.2 Å². The first-order valence-corrected chi connectivity index (χ1v) is 9.72. The zero-order chi connectivity index (χ0) is 18.8. The van der Waals surface area contributed by atoms with Crippen LogP contribution in [-0.4, -0.2) is 28.6 Å². The van der Waals surface area contributed by atoms with Gasteiger partial charge in [0.1, 0.15) is 6.67 Å². The Bertz CT molecular complexity index is 902. The number of hydrogen-bond acceptors (Lipinski definition) is 2. The van der Waals surface area contributed by atoms with Gasteiger partial charge in [-0.1, -0.05) is 43.3 Å². The third kappa shape index (κ3) is 3.92. The lowest BCUT2D eigenvalue weighted by Crippen LogP contribution is -2.32. The highest BCUT2D eigenvalue weighted by atomic mass is 19.1. The van der Waals surface area contributed by atoms with E-state index in [1.165, 1.54) is 16.5 Å². The predicted octanol–water partition coefficient (Wildman–Crippen LogP) is 4.80. The van der Waals surface area contributed by atoms with Gasteiger partial charge in [0.05, 0.1) is 18.3 Å². The molecule has 2 aromatic carbocycles. The molecule has 1 aliphatic rings. The molecule has 0 spiro atoms. The molecule has 0 radical (unpaired) electrons. The van der Waals surface area contributed by atoms with Crippen molar-refractivity contribution in [3.63, 3.8) is 0 Å². The summed E-state index contributed by atoms with van der Waals surface area (Å²) in [7, 11) is 0. The molecule has 3 atom stereocenters. The number of hydrogen-bond donors (Lipinski definition) is 1. The van der Waals surface area contributed by atoms with Crippen LogP contribution < -0.4 is 0 Å². The summed E-state index contributed by atoms with van der Waals surface area (Å²) in [6, 6.07) is 17.1. The average Bonchev–Trinajstić information content (AvgIpc) is 3.10. The van der Waals surface area contributed by atoms with Gasteiger partial charge in [-0.3, -0.25) is 0 Å². The van der Waals surface area contributed by atoms with Crippen molar-refractivity contribution in [2.45, 2.75) is 51.0 Å². The number of aliphatic hydroxyl groups excluding tert-OH is 1. The van der Waals surface area contributed by atoms with Gasteiger partial charge in [0, 0.05) is 31.1 Å². The van der Waals surface area contributed by atoms with Crippen LogP contribution in [0, 0.1) is 0 Å². The second-order valence-electron chi connectivity index (χ2n) is 7.46. The van der Waals surface area contributed by atoms with Crippen LogP contribution in [0.25, 0.3) is 10.9 Å². The Labute approximate surface area is 159 Å². The van der Waals surface area contributed by atoms with Crippen molar-refractivity contribution in [2.24, 2.45) is 0 Å². The van der Waals surface area contributed by atoms with Gasteiger partial charge in [-0.15, -0.1) is 0 Å². The zero-order valence-electron chi connectivity index (χ0n) is 15.6. The fourth-order valence-corrected chi connectivity index (χ4v) is 3.92. The molecule has 1 N–H and O–H groups in total. The topological polar surface area (TPSA) is 34.4 Å². The molecule has 0 bridgehead atoms. The van der Waals surface area contributed by atoms with Gasteiger partial charge in [-0.2, -0.15) is 0 Å². The number of aryl methyl sites for hydroxylation is 1. The van der Waals surface area contributed by atoms with Crippen molar-refractivity contribution in [3.8, 4) is 0 Å². The van der Waals surface area contributed by atoms with E-state index in [1.54, 1.807) is 0 Å². The third-order valence-electron chi connectivity index (χ3n) is 5.50. The molecule has 1 aromatic heterocycles. The summed E-state index contributed by atoms with van der Waals surface area (Å²) >= 11 is 0. The quantitative estimate of drug-likeness (QED) is 0.703. The standard InChI is InChI=1S/C23H26FNO2/c1-2-16-3-5-17(6-4-16)15-25-10-9-18-7-8-19(11-22(18)25)23-13-20(26)12-21(14-24)27-23/h3-11,20-21,23,26H,2,12-15H2,1H3. The van der Waals surface area contributed by atoms with Crippen LogP contribution in [0.3, 0.4) is 0 Å². The molecule has 27 heavy (non-hydrogen) atoms. The van der Waals surface area contributed by atoms with Gasteiger partial charge >= 0.3 is 0 Å². The van der Waals surface area contributed by atoms with E-state index in [-0.39, 0.29) is 6.10 Å². The Morgan fingerprint density at radius 3 is 2.59 bits per heavy atom. The number of aliphatic hydroxyl groups is 1. The van der Waals surface area contributed by atoms with Crippen LogP contribution in [0.15, 0.2) is 54.7 Å². The predicted molar refractivity (Wildman–Crippen MR) is 106 cm³/mol. The van der Waals surface area contributed by atoms with E-state index in [0.717, 1.165) is 24.0 Å². The maximum absolute atomic E-state index is 13.1. The number of ether oxygens (including phenoxy) is 1. The number of alkyl halides is 1. The smallest absolute Gasteiger partial charge is 0.116 e. The van der Waals surface area contributed by atoms with Crippen LogP contribution >= 0.6 is 0 Å². The summed E-state index contributed by atoms with van der Waals surface area (Å²) in [5.41, 5.74) is 4.74. The van der Waals surface area contributed by atoms with Gasteiger partial charge in [-0.25, -0.2) is 4.39 Å². The molecule has 3 unspecified atom stereocenters. The molecule has 3 aromatic rings. The second-order valence-corrected chi connectivity index (χ2v) is 7.46. The van der Waals surface area contributed by atoms with Crippen molar-refractivity contribution in [1.82, 2.24) is 4.57 Å². The first kappa shape index (κ1) is 18.2. The number of nitrogens with zero attached hydrogens (tertiary/aromatic N) is 1. The van der Waals surface area contributed by atoms with Gasteiger partial charge in [0.2, 0.25) is 0 Å². The number of halogens is 1. The van der Waals surface area contributed by atoms with E-state index in [4.69, 9.17) is 4.74 Å². The molecule has 0 amide bonds. The number of benzene rings is 2. The minimum absolute atomic E-state index is 0.258. The average molecular weight is 367 g/mol. The Balaban J connectivity index is 1.60. The van der Waals surface area contributed by atoms with Gasteiger partial charge in [0.25, 0.3) is 0 Å². The summed E-state index contributed by atoms with van der Waals surface area (Å²) in [4.78, 5) is 0. The van der Waals surface area contributed by atoms with E-state index in [2.05, 4.69) is 60.2 Å². The van der Waals surface area contributed by atoms with E-state index in [9.17, 15) is 9.50 Å². The van der Waals surface area contributed by atoms with Crippen LogP contribution in [0.2, 0.25) is 0 Å². The highest BCUT2D eigenvalue weighted by molar-refractivity contribution is 5.81. The summed E-state index contributed by atoms with van der Waals surface area (Å²) in [6.45, 7) is 2.41. The molecule has 0 saturated carbocycles. The van der Waals surface area contributed by atoms with Crippen LogP contribution in [-0.2, 0) is 17.7 Å². The van der Waals surface area contributed by atoms with Gasteiger partial charge in [-0.05, 0) is 40.6 Å². The SMILES string of the molecule is CCc1ccc(Cn2ccc3ccc(C4CC(O)CC(CF)O4)cc32)cc1. The number of aromatic nitrogens is 1. The third-order valence-corrected chi connectivity index (χ3v) is 5.50. The highest BCUT2D eigenvalue weighted by Crippen LogP contribution is 2.33. The molecule has 142 valence electrons. The van der Waals surface area contributed by atoms with Crippen LogP contribution in [0.5, 0.6) is 0 Å². The Morgan fingerprint density at radius 2 is 1.85 bits per heavy atom. The number of fused-ring (bicyclic) bond motifs is 1. The lowest BCUT2D eigenvalue weighted by Gasteiger charge is -2.32. The first-order chi connectivity index (χ1) is 13.2. The lowest BCUT2D eigenvalue weighted by atomic mass is 9.96. The molecule has 1 saturated heterocycles. The Kier molecular flexibility index (Phi) is 5.28. The van der Waals surface area contributed by atoms with Crippen LogP contribution in [0.4, 0.5) is 4.39 Å². The molecule has 1 fully saturated rings. The van der Waals surface area contributed by atoms with Crippen molar-refractivity contribution >= 4 is 10.9 Å². The summed E-state index contributed by atoms with van der Waals surface area (Å²) in [6.07, 6.45) is 2.75. The maximum Gasteiger partial charge on any atom is 0.116 e. The van der Waals surface area contributed by atoms with E-state index in [0.29, 0.717) is 12.8 Å². The zero-order valence-corrected chi connectivity index (χ0v) is 15.6. The summed E-state index contributed by atoms with van der Waals surface area (Å²) in [5.74, 6) is 0. The summed E-state index contributed by atoms with van der Waals surface area (Å²) < 4.78 is 21.1. The van der Waals surface area contributed by atoms with Crippen LogP contribution in [0.1, 0.15) is 42.6 Å². The molecular weight excluding hydrogens is 341 g/mol. The molecule has 4 rings (SSSR count). The van der Waals surface area contributed by atoms with Crippen molar-refractivity contribution in [3.05, 3.63) is 71.4 Å². The van der Waals surface area contributed by atoms with Crippen molar-refractivity contribution in [1.29, 1.82) is 0 Å². The van der Waals surface area contributed by atoms with E-state index < -0.39 is 18.9 Å². The fraction of sp³-hybridized carbons (Fsp3) is 0.391. The monoisotopic (exact) mass is 367 g/mol. The molecular formula is C23H26FNO2. The molecule has 2 heterocycles. The van der Waals surface area contributed by atoms with Gasteiger partial charge in [0.15, 0.2) is 0 Å². The van der Waals surface area contributed by atoms with E-state index in [1.807, 2.05) is 6.07 Å². The minimum Gasteiger partial charge on any atom is -0.393 e. The molecule has 4 heteroatoms. The van der Waals surface area contributed by atoms with Gasteiger partial charge < -0.3 is 14.4 Å². The first-order valence-electron chi connectivity index (χ1n) is 9.72. The fourth-order valence-electron chi connectivity index (χ4n) is 3.92. The highest BCUT2D eigenvalue weighted by Gasteiger charge is 2.29. The maximum atomic E-state index is 13.1. The minimum atomic E-state index is -0.556. The Hall–Kier alpha value is -2.17. The lowest BCUT2D eigenvalue weighted by molar-refractivity contribution is -0.104. The van der Waals surface area contributed by atoms with E-state index >= 15 is 0 Å². The molecule has 0 aliphatic carbocycles. The normalized spacial score (nSPS) is 23.0. The molecule has 1 aliphatic heterocycles. The van der Waals surface area contributed by atoms with Crippen molar-refractivity contribution in [2.75, 3.05) is 6.67 Å².